The number of carbonyl (C=O) groups is 1. The molecule has 2 fully saturated rings. The first kappa shape index (κ1) is 10.9. The van der Waals surface area contributed by atoms with E-state index in [0.29, 0.717) is 5.91 Å². The van der Waals surface area contributed by atoms with Gasteiger partial charge in [-0.3, -0.25) is 4.79 Å². The van der Waals surface area contributed by atoms with Crippen LogP contribution in [0.25, 0.3) is 0 Å². The van der Waals surface area contributed by atoms with Crippen molar-refractivity contribution in [1.82, 2.24) is 4.90 Å². The smallest absolute Gasteiger partial charge is 0.226 e. The highest BCUT2D eigenvalue weighted by molar-refractivity contribution is 5.79. The maximum absolute atomic E-state index is 12.2. The van der Waals surface area contributed by atoms with Gasteiger partial charge >= 0.3 is 0 Å². The Bertz CT molecular complexity index is 224. The van der Waals surface area contributed by atoms with Gasteiger partial charge in [0, 0.05) is 25.6 Å². The second-order valence-electron chi connectivity index (χ2n) is 4.87. The summed E-state index contributed by atoms with van der Waals surface area (Å²) >= 11 is 0. The number of hydrogen-bond acceptors (Lipinski definition) is 2. The van der Waals surface area contributed by atoms with E-state index < -0.39 is 0 Å². The van der Waals surface area contributed by atoms with E-state index in [1.807, 2.05) is 4.90 Å². The maximum Gasteiger partial charge on any atom is 0.226 e. The quantitative estimate of drug-likeness (QED) is 0.750. The Kier molecular flexibility index (Phi) is 3.62. The highest BCUT2D eigenvalue weighted by Crippen LogP contribution is 2.31. The Hall–Kier alpha value is -0.570. The zero-order valence-corrected chi connectivity index (χ0v) is 9.32. The lowest BCUT2D eigenvalue weighted by Gasteiger charge is -2.32. The van der Waals surface area contributed by atoms with E-state index in [4.69, 9.17) is 0 Å². The Morgan fingerprint density at radius 3 is 2.47 bits per heavy atom. The minimum absolute atomic E-state index is 0.113. The third-order valence-corrected chi connectivity index (χ3v) is 3.88. The molecule has 1 aliphatic carbocycles. The molecule has 2 aliphatic rings. The highest BCUT2D eigenvalue weighted by atomic mass is 16.3. The molecule has 15 heavy (non-hydrogen) atoms. The summed E-state index contributed by atoms with van der Waals surface area (Å²) in [5.74, 6) is 0.653. The van der Waals surface area contributed by atoms with Crippen molar-refractivity contribution in [2.45, 2.75) is 38.5 Å². The molecule has 1 N–H and O–H groups in total. The Balaban J connectivity index is 1.96. The van der Waals surface area contributed by atoms with E-state index in [2.05, 4.69) is 0 Å². The van der Waals surface area contributed by atoms with Gasteiger partial charge < -0.3 is 10.0 Å². The fourth-order valence-corrected chi connectivity index (χ4v) is 2.92. The van der Waals surface area contributed by atoms with Gasteiger partial charge in [-0.1, -0.05) is 12.8 Å². The van der Waals surface area contributed by atoms with Gasteiger partial charge in [0.15, 0.2) is 0 Å². The summed E-state index contributed by atoms with van der Waals surface area (Å²) in [7, 11) is 0. The Labute approximate surface area is 91.5 Å². The van der Waals surface area contributed by atoms with Gasteiger partial charge in [0.25, 0.3) is 0 Å². The number of likely N-dealkylation sites (tertiary alicyclic amines) is 1. The van der Waals surface area contributed by atoms with Crippen LogP contribution >= 0.6 is 0 Å². The van der Waals surface area contributed by atoms with E-state index in [1.54, 1.807) is 0 Å². The summed E-state index contributed by atoms with van der Waals surface area (Å²) in [6, 6.07) is 0. The molecule has 86 valence electrons. The van der Waals surface area contributed by atoms with Crippen LogP contribution in [0.5, 0.6) is 0 Å². The molecule has 2 rings (SSSR count). The Morgan fingerprint density at radius 2 is 1.80 bits per heavy atom. The van der Waals surface area contributed by atoms with Gasteiger partial charge in [-0.2, -0.15) is 0 Å². The van der Waals surface area contributed by atoms with Gasteiger partial charge in [0.2, 0.25) is 5.91 Å². The average Bonchev–Trinajstić information content (AvgIpc) is 2.81. The van der Waals surface area contributed by atoms with Gasteiger partial charge in [0.1, 0.15) is 0 Å². The topological polar surface area (TPSA) is 40.5 Å². The predicted molar refractivity (Wildman–Crippen MR) is 58.3 cm³/mol. The zero-order chi connectivity index (χ0) is 10.7. The van der Waals surface area contributed by atoms with E-state index in [1.165, 1.54) is 6.42 Å². The third kappa shape index (κ3) is 2.33. The normalized spacial score (nSPS) is 31.9. The summed E-state index contributed by atoms with van der Waals surface area (Å²) in [6.07, 6.45) is 6.65. The molecule has 1 amide bonds. The van der Waals surface area contributed by atoms with E-state index in [9.17, 15) is 9.90 Å². The first-order valence-corrected chi connectivity index (χ1v) is 6.22. The standard InChI is InChI=1S/C12H21NO2/c14-9-10-5-1-2-6-11(10)12(15)13-7-3-4-8-13/h10-11,14H,1-9H2. The van der Waals surface area contributed by atoms with Gasteiger partial charge in [-0.25, -0.2) is 0 Å². The summed E-state index contributed by atoms with van der Waals surface area (Å²) in [4.78, 5) is 14.2. The van der Waals surface area contributed by atoms with Crippen molar-refractivity contribution in [3.63, 3.8) is 0 Å². The third-order valence-electron chi connectivity index (χ3n) is 3.88. The maximum atomic E-state index is 12.2. The summed E-state index contributed by atoms with van der Waals surface area (Å²) in [5.41, 5.74) is 0. The molecular formula is C12H21NO2. The molecule has 0 aromatic heterocycles. The molecule has 0 radical (unpaired) electrons. The molecule has 1 saturated heterocycles. The van der Waals surface area contributed by atoms with Crippen LogP contribution in [0.4, 0.5) is 0 Å². The molecule has 2 unspecified atom stereocenters. The predicted octanol–water partition coefficient (Wildman–Crippen LogP) is 1.41. The SMILES string of the molecule is O=C(C1CCCCC1CO)N1CCCC1. The van der Waals surface area contributed by atoms with Gasteiger partial charge in [-0.15, -0.1) is 0 Å². The molecule has 0 aromatic rings. The summed E-state index contributed by atoms with van der Waals surface area (Å²) in [6.45, 7) is 2.06. The minimum Gasteiger partial charge on any atom is -0.396 e. The van der Waals surface area contributed by atoms with Crippen molar-refractivity contribution in [2.24, 2.45) is 11.8 Å². The second kappa shape index (κ2) is 4.97. The first-order chi connectivity index (χ1) is 7.33. The largest absolute Gasteiger partial charge is 0.396 e. The van der Waals surface area contributed by atoms with Crippen molar-refractivity contribution >= 4 is 5.91 Å². The molecular weight excluding hydrogens is 190 g/mol. The lowest BCUT2D eigenvalue weighted by Crippen LogP contribution is -2.39. The van der Waals surface area contributed by atoms with Crippen molar-refractivity contribution in [3.05, 3.63) is 0 Å². The number of aliphatic hydroxyl groups excluding tert-OH is 1. The second-order valence-corrected chi connectivity index (χ2v) is 4.87. The molecule has 0 bridgehead atoms. The summed E-state index contributed by atoms with van der Waals surface area (Å²) in [5, 5.41) is 9.28. The molecule has 3 nitrogen and oxygen atoms in total. The number of carbonyl (C=O) groups excluding carboxylic acids is 1. The van der Waals surface area contributed by atoms with Crippen LogP contribution in [0.3, 0.4) is 0 Å². The molecule has 2 atom stereocenters. The van der Waals surface area contributed by atoms with Crippen molar-refractivity contribution in [2.75, 3.05) is 19.7 Å². The first-order valence-electron chi connectivity index (χ1n) is 6.22. The highest BCUT2D eigenvalue weighted by Gasteiger charge is 2.33. The van der Waals surface area contributed by atoms with Crippen LogP contribution in [0.15, 0.2) is 0 Å². The number of rotatable bonds is 2. The minimum atomic E-state index is 0.113. The van der Waals surface area contributed by atoms with Crippen LogP contribution in [-0.2, 0) is 4.79 Å². The van der Waals surface area contributed by atoms with Gasteiger partial charge in [-0.05, 0) is 31.6 Å². The van der Waals surface area contributed by atoms with Crippen molar-refractivity contribution in [1.29, 1.82) is 0 Å². The number of nitrogens with zero attached hydrogens (tertiary/aromatic N) is 1. The monoisotopic (exact) mass is 211 g/mol. The average molecular weight is 211 g/mol. The van der Waals surface area contributed by atoms with E-state index >= 15 is 0 Å². The number of amides is 1. The lowest BCUT2D eigenvalue weighted by atomic mass is 9.79. The Morgan fingerprint density at radius 1 is 1.13 bits per heavy atom. The van der Waals surface area contributed by atoms with Crippen LogP contribution in [-0.4, -0.2) is 35.6 Å². The zero-order valence-electron chi connectivity index (χ0n) is 9.32. The fraction of sp³-hybridized carbons (Fsp3) is 0.917. The van der Waals surface area contributed by atoms with Crippen molar-refractivity contribution < 1.29 is 9.90 Å². The molecule has 1 heterocycles. The van der Waals surface area contributed by atoms with Crippen molar-refractivity contribution in [3.8, 4) is 0 Å². The molecule has 0 aromatic carbocycles. The molecule has 1 aliphatic heterocycles. The molecule has 3 heteroatoms. The summed E-state index contributed by atoms with van der Waals surface area (Å²) < 4.78 is 0. The van der Waals surface area contributed by atoms with Crippen LogP contribution in [0.1, 0.15) is 38.5 Å². The number of hydrogen-bond donors (Lipinski definition) is 1. The van der Waals surface area contributed by atoms with Crippen LogP contribution < -0.4 is 0 Å². The molecule has 1 saturated carbocycles. The number of aliphatic hydroxyl groups is 1. The lowest BCUT2D eigenvalue weighted by molar-refractivity contribution is -0.138. The fourth-order valence-electron chi connectivity index (χ4n) is 2.92. The van der Waals surface area contributed by atoms with Crippen LogP contribution in [0.2, 0.25) is 0 Å². The molecule has 0 spiro atoms. The van der Waals surface area contributed by atoms with Gasteiger partial charge in [0.05, 0.1) is 0 Å². The van der Waals surface area contributed by atoms with E-state index in [-0.39, 0.29) is 18.4 Å². The van der Waals surface area contributed by atoms with E-state index in [0.717, 1.165) is 45.2 Å². The van der Waals surface area contributed by atoms with Crippen LogP contribution in [0, 0.1) is 11.8 Å².